The molecule has 0 saturated carbocycles. The van der Waals surface area contributed by atoms with Crippen LogP contribution in [0.4, 0.5) is 5.69 Å². The Hall–Kier alpha value is -2.27. The van der Waals surface area contributed by atoms with E-state index in [2.05, 4.69) is 5.32 Å². The van der Waals surface area contributed by atoms with Crippen molar-refractivity contribution in [2.75, 3.05) is 5.32 Å². The molecule has 1 heterocycles. The monoisotopic (exact) mass is 321 g/mol. The van der Waals surface area contributed by atoms with Crippen molar-refractivity contribution in [1.82, 2.24) is 0 Å². The number of amides is 1. The number of esters is 1. The number of rotatable bonds is 4. The Kier molecular flexibility index (Phi) is 4.88. The largest absolute Gasteiger partial charge is 0.466 e. The number of aryl methyl sites for hydroxylation is 2. The third-order valence-electron chi connectivity index (χ3n) is 3.01. The Morgan fingerprint density at radius 2 is 2.00 bits per heavy atom. The van der Waals surface area contributed by atoms with Crippen molar-refractivity contribution in [3.63, 3.8) is 0 Å². The van der Waals surface area contributed by atoms with Gasteiger partial charge in [-0.15, -0.1) is 0 Å². The summed E-state index contributed by atoms with van der Waals surface area (Å²) in [7, 11) is 0. The van der Waals surface area contributed by atoms with E-state index >= 15 is 0 Å². The Balaban J connectivity index is 1.99. The molecule has 2 aromatic rings. The van der Waals surface area contributed by atoms with Gasteiger partial charge in [0, 0.05) is 10.7 Å². The molecule has 1 aromatic heterocycles. The summed E-state index contributed by atoms with van der Waals surface area (Å²) in [5, 5.41) is 3.14. The Labute approximate surface area is 133 Å². The molecule has 1 amide bonds. The number of anilines is 1. The van der Waals surface area contributed by atoms with E-state index in [-0.39, 0.29) is 0 Å². The average molecular weight is 322 g/mol. The van der Waals surface area contributed by atoms with Gasteiger partial charge in [0.05, 0.1) is 0 Å². The molecule has 0 radical (unpaired) electrons. The van der Waals surface area contributed by atoms with Gasteiger partial charge in [-0.3, -0.25) is 4.79 Å². The van der Waals surface area contributed by atoms with E-state index in [0.29, 0.717) is 27.8 Å². The molecule has 0 aliphatic carbocycles. The van der Waals surface area contributed by atoms with Crippen LogP contribution >= 0.6 is 11.6 Å². The zero-order valence-corrected chi connectivity index (χ0v) is 13.2. The molecule has 0 spiro atoms. The van der Waals surface area contributed by atoms with Crippen LogP contribution in [0.15, 0.2) is 34.7 Å². The zero-order chi connectivity index (χ0) is 16.3. The molecule has 0 fully saturated rings. The molecular formula is C16H16ClNO4. The fraction of sp³-hybridized carbons (Fsp3) is 0.250. The Morgan fingerprint density at radius 1 is 1.27 bits per heavy atom. The van der Waals surface area contributed by atoms with E-state index in [0.717, 1.165) is 0 Å². The topological polar surface area (TPSA) is 68.5 Å². The molecule has 116 valence electrons. The molecule has 6 heteroatoms. The highest BCUT2D eigenvalue weighted by atomic mass is 35.5. The van der Waals surface area contributed by atoms with Crippen LogP contribution < -0.4 is 5.32 Å². The van der Waals surface area contributed by atoms with E-state index in [1.54, 1.807) is 44.2 Å². The highest BCUT2D eigenvalue weighted by molar-refractivity contribution is 6.30. The first-order valence-corrected chi connectivity index (χ1v) is 7.09. The molecule has 2 rings (SSSR count). The zero-order valence-electron chi connectivity index (χ0n) is 12.5. The van der Waals surface area contributed by atoms with Gasteiger partial charge in [0.25, 0.3) is 5.91 Å². The van der Waals surface area contributed by atoms with Gasteiger partial charge >= 0.3 is 5.97 Å². The number of nitrogens with one attached hydrogen (secondary N) is 1. The van der Waals surface area contributed by atoms with Crippen molar-refractivity contribution in [3.05, 3.63) is 52.4 Å². The standard InChI is InChI=1S/C16H16ClNO4/c1-9-7-14(10(2)21-9)16(20)22-11(3)15(19)18-13-6-4-5-12(17)8-13/h4-8,11H,1-3H3,(H,18,19). The van der Waals surface area contributed by atoms with Crippen LogP contribution in [-0.4, -0.2) is 18.0 Å². The first-order valence-electron chi connectivity index (χ1n) is 6.71. The van der Waals surface area contributed by atoms with Crippen LogP contribution in [0, 0.1) is 13.8 Å². The normalized spacial score (nSPS) is 11.8. The summed E-state index contributed by atoms with van der Waals surface area (Å²) in [5.41, 5.74) is 0.857. The maximum atomic E-state index is 12.0. The number of hydrogen-bond donors (Lipinski definition) is 1. The van der Waals surface area contributed by atoms with Crippen LogP contribution in [0.5, 0.6) is 0 Å². The molecule has 0 saturated heterocycles. The number of carbonyl (C=O) groups is 2. The van der Waals surface area contributed by atoms with Crippen LogP contribution in [0.3, 0.4) is 0 Å². The summed E-state index contributed by atoms with van der Waals surface area (Å²) >= 11 is 5.84. The maximum absolute atomic E-state index is 12.0. The van der Waals surface area contributed by atoms with Crippen LogP contribution in [0.2, 0.25) is 5.02 Å². The Morgan fingerprint density at radius 3 is 2.59 bits per heavy atom. The fourth-order valence-electron chi connectivity index (χ4n) is 1.92. The molecule has 0 bridgehead atoms. The van der Waals surface area contributed by atoms with Crippen molar-refractivity contribution in [2.45, 2.75) is 26.9 Å². The quantitative estimate of drug-likeness (QED) is 0.871. The third kappa shape index (κ3) is 3.89. The lowest BCUT2D eigenvalue weighted by Gasteiger charge is -2.13. The van der Waals surface area contributed by atoms with E-state index in [9.17, 15) is 9.59 Å². The molecule has 22 heavy (non-hydrogen) atoms. The van der Waals surface area contributed by atoms with Crippen molar-refractivity contribution in [2.24, 2.45) is 0 Å². The second kappa shape index (κ2) is 6.66. The van der Waals surface area contributed by atoms with Gasteiger partial charge in [-0.05, 0) is 45.0 Å². The number of furan rings is 1. The minimum atomic E-state index is -0.943. The second-order valence-electron chi connectivity index (χ2n) is 4.87. The summed E-state index contributed by atoms with van der Waals surface area (Å²) in [5.74, 6) is 0.0435. The SMILES string of the molecule is Cc1cc(C(=O)OC(C)C(=O)Nc2cccc(Cl)c2)c(C)o1. The van der Waals surface area contributed by atoms with Gasteiger partial charge in [-0.2, -0.15) is 0 Å². The van der Waals surface area contributed by atoms with Gasteiger partial charge in [-0.1, -0.05) is 17.7 Å². The predicted molar refractivity (Wildman–Crippen MR) is 83.1 cm³/mol. The highest BCUT2D eigenvalue weighted by Crippen LogP contribution is 2.17. The minimum absolute atomic E-state index is 0.319. The van der Waals surface area contributed by atoms with Gasteiger partial charge in [-0.25, -0.2) is 4.79 Å². The first-order chi connectivity index (χ1) is 10.4. The van der Waals surface area contributed by atoms with Gasteiger partial charge in [0.2, 0.25) is 0 Å². The number of halogens is 1. The van der Waals surface area contributed by atoms with Gasteiger partial charge in [0.15, 0.2) is 6.10 Å². The van der Waals surface area contributed by atoms with Crippen molar-refractivity contribution in [3.8, 4) is 0 Å². The summed E-state index contributed by atoms with van der Waals surface area (Å²) in [4.78, 5) is 24.0. The molecule has 1 aromatic carbocycles. The van der Waals surface area contributed by atoms with Crippen LogP contribution in [0.25, 0.3) is 0 Å². The van der Waals surface area contributed by atoms with E-state index in [1.807, 2.05) is 0 Å². The first kappa shape index (κ1) is 16.1. The van der Waals surface area contributed by atoms with Crippen LogP contribution in [0.1, 0.15) is 28.8 Å². The van der Waals surface area contributed by atoms with Gasteiger partial charge in [0.1, 0.15) is 17.1 Å². The molecule has 1 unspecified atom stereocenters. The number of ether oxygens (including phenoxy) is 1. The summed E-state index contributed by atoms with van der Waals surface area (Å²) in [6.45, 7) is 4.90. The Bertz CT molecular complexity index is 708. The molecule has 0 aliphatic rings. The lowest BCUT2D eigenvalue weighted by molar-refractivity contribution is -0.123. The molecule has 5 nitrogen and oxygen atoms in total. The van der Waals surface area contributed by atoms with Gasteiger partial charge < -0.3 is 14.5 Å². The second-order valence-corrected chi connectivity index (χ2v) is 5.31. The van der Waals surface area contributed by atoms with E-state index < -0.39 is 18.0 Å². The maximum Gasteiger partial charge on any atom is 0.342 e. The van der Waals surface area contributed by atoms with E-state index in [1.165, 1.54) is 6.92 Å². The molecule has 0 aliphatic heterocycles. The highest BCUT2D eigenvalue weighted by Gasteiger charge is 2.22. The minimum Gasteiger partial charge on any atom is -0.466 e. The van der Waals surface area contributed by atoms with E-state index in [4.69, 9.17) is 20.8 Å². The lowest BCUT2D eigenvalue weighted by atomic mass is 10.2. The van der Waals surface area contributed by atoms with Crippen molar-refractivity contribution in [1.29, 1.82) is 0 Å². The number of benzene rings is 1. The summed E-state index contributed by atoms with van der Waals surface area (Å²) in [6, 6.07) is 8.30. The number of carbonyl (C=O) groups excluding carboxylic acids is 2. The average Bonchev–Trinajstić information content (AvgIpc) is 2.77. The summed E-state index contributed by atoms with van der Waals surface area (Å²) in [6.07, 6.45) is -0.943. The lowest BCUT2D eigenvalue weighted by Crippen LogP contribution is -2.30. The van der Waals surface area contributed by atoms with Crippen molar-refractivity contribution < 1.29 is 18.7 Å². The summed E-state index contributed by atoms with van der Waals surface area (Å²) < 4.78 is 10.4. The predicted octanol–water partition coefficient (Wildman–Crippen LogP) is 3.73. The molecule has 1 atom stereocenters. The third-order valence-corrected chi connectivity index (χ3v) is 3.24. The smallest absolute Gasteiger partial charge is 0.342 e. The fourth-order valence-corrected chi connectivity index (χ4v) is 2.11. The number of hydrogen-bond acceptors (Lipinski definition) is 4. The molecular weight excluding hydrogens is 306 g/mol. The molecule has 1 N–H and O–H groups in total. The van der Waals surface area contributed by atoms with Crippen LogP contribution in [-0.2, 0) is 9.53 Å². The van der Waals surface area contributed by atoms with Crippen molar-refractivity contribution >= 4 is 29.2 Å².